The average molecular weight is 387 g/mol. The number of hydrogen-bond donors (Lipinski definition) is 1. The molecule has 0 aromatic rings. The van der Waals surface area contributed by atoms with Crippen LogP contribution in [-0.2, 0) is 4.43 Å². The predicted molar refractivity (Wildman–Crippen MR) is 119 cm³/mol. The lowest BCUT2D eigenvalue weighted by molar-refractivity contribution is 0.109. The second-order valence-electron chi connectivity index (χ2n) is 10.1. The molecular weight excluding hydrogens is 336 g/mol. The Morgan fingerprint density at radius 1 is 0.692 bits per heavy atom. The third-order valence-corrected chi connectivity index (χ3v) is 12.3. The van der Waals surface area contributed by atoms with Crippen LogP contribution in [0.25, 0.3) is 0 Å². The third kappa shape index (κ3) is 8.44. The van der Waals surface area contributed by atoms with E-state index in [0.717, 1.165) is 25.9 Å². The van der Waals surface area contributed by atoms with Gasteiger partial charge in [-0.25, -0.2) is 0 Å². The Morgan fingerprint density at radius 2 is 1.15 bits per heavy atom. The molecule has 0 bridgehead atoms. The molecule has 0 heterocycles. The van der Waals surface area contributed by atoms with Crippen LogP contribution in [0.2, 0.25) is 16.6 Å². The van der Waals surface area contributed by atoms with Gasteiger partial charge < -0.3 is 9.53 Å². The number of rotatable bonds is 14. The van der Waals surface area contributed by atoms with Gasteiger partial charge in [-0.15, -0.1) is 0 Å². The van der Waals surface area contributed by atoms with E-state index in [4.69, 9.17) is 4.43 Å². The molecule has 158 valence electrons. The summed E-state index contributed by atoms with van der Waals surface area (Å²) < 4.78 is 6.75. The lowest BCUT2D eigenvalue weighted by Crippen LogP contribution is -2.48. The summed E-state index contributed by atoms with van der Waals surface area (Å²) in [5.74, 6) is 1.76. The first-order chi connectivity index (χ1) is 12.0. The van der Waals surface area contributed by atoms with E-state index in [1.165, 1.54) is 12.8 Å². The maximum Gasteiger partial charge on any atom is 0.200 e. The third-order valence-electron chi connectivity index (χ3n) is 6.26. The predicted octanol–water partition coefficient (Wildman–Crippen LogP) is 7.42. The minimum atomic E-state index is -1.75. The largest absolute Gasteiger partial charge is 0.416 e. The van der Waals surface area contributed by atoms with Crippen molar-refractivity contribution >= 4 is 8.32 Å². The lowest BCUT2D eigenvalue weighted by Gasteiger charge is -2.43. The Morgan fingerprint density at radius 3 is 1.58 bits per heavy atom. The Balaban J connectivity index is 4.52. The summed E-state index contributed by atoms with van der Waals surface area (Å²) in [7, 11) is -1.75. The van der Waals surface area contributed by atoms with Gasteiger partial charge in [0, 0.05) is 6.61 Å². The van der Waals surface area contributed by atoms with Crippen molar-refractivity contribution in [2.75, 3.05) is 6.61 Å². The lowest BCUT2D eigenvalue weighted by atomic mass is 9.89. The first kappa shape index (κ1) is 26.1. The fraction of sp³-hybridized carbons (Fsp3) is 1.00. The quantitative estimate of drug-likeness (QED) is 0.315. The normalized spacial score (nSPS) is 17.8. The molecule has 0 aliphatic heterocycles. The Kier molecular flexibility index (Phi) is 12.6. The highest BCUT2D eigenvalue weighted by Crippen LogP contribution is 2.42. The van der Waals surface area contributed by atoms with Gasteiger partial charge in [-0.2, -0.15) is 0 Å². The van der Waals surface area contributed by atoms with Crippen LogP contribution < -0.4 is 0 Å². The van der Waals surface area contributed by atoms with E-state index in [9.17, 15) is 5.11 Å². The molecular formula is C23H50O2Si. The molecule has 0 radical (unpaired) electrons. The van der Waals surface area contributed by atoms with Gasteiger partial charge in [-0.1, -0.05) is 82.1 Å². The Bertz CT molecular complexity index is 332. The fourth-order valence-corrected chi connectivity index (χ4v) is 10.8. The molecule has 2 nitrogen and oxygen atoms in total. The molecule has 0 rings (SSSR count). The first-order valence-corrected chi connectivity index (χ1v) is 13.4. The summed E-state index contributed by atoms with van der Waals surface area (Å²) in [4.78, 5) is 0. The van der Waals surface area contributed by atoms with Crippen molar-refractivity contribution in [2.45, 2.75) is 124 Å². The van der Waals surface area contributed by atoms with Crippen LogP contribution in [0, 0.1) is 17.8 Å². The van der Waals surface area contributed by atoms with Crippen LogP contribution in [0.1, 0.15) is 101 Å². The van der Waals surface area contributed by atoms with E-state index in [1.807, 2.05) is 0 Å². The van der Waals surface area contributed by atoms with Gasteiger partial charge in [0.05, 0.1) is 6.10 Å². The van der Waals surface area contributed by atoms with E-state index >= 15 is 0 Å². The molecule has 26 heavy (non-hydrogen) atoms. The zero-order valence-corrected chi connectivity index (χ0v) is 20.6. The number of aliphatic hydroxyl groups excluding tert-OH is 1. The molecule has 0 amide bonds. The van der Waals surface area contributed by atoms with Gasteiger partial charge in [-0.3, -0.25) is 0 Å². The minimum absolute atomic E-state index is 0.143. The highest BCUT2D eigenvalue weighted by atomic mass is 28.4. The van der Waals surface area contributed by atoms with Gasteiger partial charge in [0.25, 0.3) is 0 Å². The van der Waals surface area contributed by atoms with Gasteiger partial charge in [0.2, 0.25) is 0 Å². The smallest absolute Gasteiger partial charge is 0.200 e. The average Bonchev–Trinajstić information content (AvgIpc) is 2.45. The zero-order chi connectivity index (χ0) is 20.5. The molecule has 0 saturated heterocycles. The molecule has 0 aromatic heterocycles. The monoisotopic (exact) mass is 386 g/mol. The molecule has 0 unspecified atom stereocenters. The standard InChI is InChI=1S/C23H50O2Si/c1-11-12-20(8)14-23(24)15-21(9)13-22(10)16-25-26(17(2)3,18(4)5)19(6)7/h17-24H,11-16H2,1-10H3/t20-,21+,22+,23-/m0/s1. The highest BCUT2D eigenvalue weighted by Gasteiger charge is 2.45. The minimum Gasteiger partial charge on any atom is -0.416 e. The van der Waals surface area contributed by atoms with Crippen molar-refractivity contribution in [2.24, 2.45) is 17.8 Å². The number of hydrogen-bond acceptors (Lipinski definition) is 2. The molecule has 0 aromatic carbocycles. The summed E-state index contributed by atoms with van der Waals surface area (Å²) in [5.41, 5.74) is 1.94. The van der Waals surface area contributed by atoms with Gasteiger partial charge in [0.15, 0.2) is 8.32 Å². The molecule has 0 aliphatic rings. The molecule has 1 N–H and O–H groups in total. The van der Waals surface area contributed by atoms with E-state index in [-0.39, 0.29) is 6.10 Å². The summed E-state index contributed by atoms with van der Waals surface area (Å²) in [5, 5.41) is 10.4. The van der Waals surface area contributed by atoms with Crippen molar-refractivity contribution in [3.8, 4) is 0 Å². The van der Waals surface area contributed by atoms with E-state index in [1.54, 1.807) is 0 Å². The SMILES string of the molecule is CCC[C@H](C)C[C@H](O)C[C@H](C)C[C@@H](C)CO[Si](C(C)C)(C(C)C)C(C)C. The summed E-state index contributed by atoms with van der Waals surface area (Å²) in [6.07, 6.45) is 5.33. The van der Waals surface area contributed by atoms with E-state index < -0.39 is 8.32 Å². The first-order valence-electron chi connectivity index (χ1n) is 11.3. The van der Waals surface area contributed by atoms with Crippen LogP contribution in [0.5, 0.6) is 0 Å². The van der Waals surface area contributed by atoms with Crippen molar-refractivity contribution < 1.29 is 9.53 Å². The van der Waals surface area contributed by atoms with Crippen molar-refractivity contribution in [3.05, 3.63) is 0 Å². The summed E-state index contributed by atoms with van der Waals surface area (Å²) in [6.45, 7) is 24.1. The van der Waals surface area contributed by atoms with E-state index in [2.05, 4.69) is 69.2 Å². The van der Waals surface area contributed by atoms with Crippen LogP contribution in [0.4, 0.5) is 0 Å². The number of aliphatic hydroxyl groups is 1. The van der Waals surface area contributed by atoms with Crippen LogP contribution >= 0.6 is 0 Å². The Hall–Kier alpha value is 0.137. The molecule has 0 fully saturated rings. The Labute approximate surface area is 166 Å². The van der Waals surface area contributed by atoms with Crippen molar-refractivity contribution in [1.82, 2.24) is 0 Å². The van der Waals surface area contributed by atoms with Crippen LogP contribution in [0.15, 0.2) is 0 Å². The maximum absolute atomic E-state index is 10.4. The van der Waals surface area contributed by atoms with Crippen molar-refractivity contribution in [1.29, 1.82) is 0 Å². The molecule has 0 saturated carbocycles. The molecule has 4 atom stereocenters. The second kappa shape index (κ2) is 12.6. The zero-order valence-electron chi connectivity index (χ0n) is 19.6. The van der Waals surface area contributed by atoms with Crippen LogP contribution in [0.3, 0.4) is 0 Å². The second-order valence-corrected chi connectivity index (χ2v) is 15.6. The van der Waals surface area contributed by atoms with Gasteiger partial charge in [-0.05, 0) is 53.6 Å². The van der Waals surface area contributed by atoms with Gasteiger partial charge in [0.1, 0.15) is 0 Å². The maximum atomic E-state index is 10.4. The molecule has 0 spiro atoms. The fourth-order valence-electron chi connectivity index (χ4n) is 5.27. The van der Waals surface area contributed by atoms with Crippen LogP contribution in [-0.4, -0.2) is 26.1 Å². The topological polar surface area (TPSA) is 29.5 Å². The summed E-state index contributed by atoms with van der Waals surface area (Å²) in [6, 6.07) is 0. The summed E-state index contributed by atoms with van der Waals surface area (Å²) >= 11 is 0. The molecule has 0 aliphatic carbocycles. The van der Waals surface area contributed by atoms with E-state index in [0.29, 0.717) is 34.4 Å². The highest BCUT2D eigenvalue weighted by molar-refractivity contribution is 6.77. The van der Waals surface area contributed by atoms with Gasteiger partial charge >= 0.3 is 0 Å². The van der Waals surface area contributed by atoms with Crippen molar-refractivity contribution in [3.63, 3.8) is 0 Å². The molecule has 3 heteroatoms.